The Morgan fingerprint density at radius 3 is 2.20 bits per heavy atom. The van der Waals surface area contributed by atoms with E-state index in [1.165, 1.54) is 62.7 Å². The molecule has 2 aromatic rings. The lowest BCUT2D eigenvalue weighted by Gasteiger charge is -2.58. The first-order valence-corrected chi connectivity index (χ1v) is 32.4. The zero-order valence-corrected chi connectivity index (χ0v) is 52.1. The summed E-state index contributed by atoms with van der Waals surface area (Å²) in [5.74, 6) is 2.22. The maximum absolute atomic E-state index is 14.8. The fourth-order valence-electron chi connectivity index (χ4n) is 15.5. The SMILES string of the molecule is CC(C)CCC[C@@H](C)[C@H]1CC[C@H]2[C@@H]3CC=C4C[C@@H](OC(=O)[C@H](CCCCNC(=O)OC(C)(C)C)NC(=O)[C@H](Cc5ccc(O)cc5)NC(=O)[C@@H]5CCCN5C(=O)[C@@H]5CCCN5C(=O)c5ccc[n+](C)c5)CC[C@]4(C)[C@H]3CC[C@]12C.O=S(=O)([O-])O. The third-order valence-electron chi connectivity index (χ3n) is 19.6. The number of nitrogens with zero attached hydrogens (tertiary/aromatic N) is 3. The summed E-state index contributed by atoms with van der Waals surface area (Å²) in [6, 6.07) is 6.09. The number of nitrogens with one attached hydrogen (secondary N) is 3. The highest BCUT2D eigenvalue weighted by molar-refractivity contribution is 7.79. The van der Waals surface area contributed by atoms with E-state index in [4.69, 9.17) is 27.0 Å². The molecule has 4 aliphatic carbocycles. The second-order valence-corrected chi connectivity index (χ2v) is 27.9. The van der Waals surface area contributed by atoms with Crippen molar-refractivity contribution in [2.45, 2.75) is 213 Å². The third kappa shape index (κ3) is 17.1. The van der Waals surface area contributed by atoms with E-state index >= 15 is 0 Å². The van der Waals surface area contributed by atoms with Gasteiger partial charge in [-0.05, 0) is 181 Å². The Balaban J connectivity index is 0.00000194. The maximum atomic E-state index is 14.8. The molecule has 0 spiro atoms. The van der Waals surface area contributed by atoms with Gasteiger partial charge in [-0.3, -0.25) is 23.7 Å². The van der Waals surface area contributed by atoms with Crippen molar-refractivity contribution in [1.82, 2.24) is 25.8 Å². The van der Waals surface area contributed by atoms with Gasteiger partial charge < -0.3 is 44.9 Å². The largest absolute Gasteiger partial charge is 0.726 e. The molecule has 0 radical (unpaired) electrons. The van der Waals surface area contributed by atoms with Crippen LogP contribution in [0.2, 0.25) is 0 Å². The van der Waals surface area contributed by atoms with E-state index in [1.807, 2.05) is 13.2 Å². The zero-order valence-electron chi connectivity index (χ0n) is 51.2. The van der Waals surface area contributed by atoms with Gasteiger partial charge in [-0.2, -0.15) is 0 Å². The van der Waals surface area contributed by atoms with Crippen LogP contribution >= 0.6 is 0 Å². The summed E-state index contributed by atoms with van der Waals surface area (Å²) in [4.78, 5) is 87.7. The Kier molecular flexibility index (Phi) is 22.2. The van der Waals surface area contributed by atoms with Crippen molar-refractivity contribution in [2.75, 3.05) is 19.6 Å². The van der Waals surface area contributed by atoms with E-state index < -0.39 is 64.0 Å². The van der Waals surface area contributed by atoms with Crippen molar-refractivity contribution in [2.24, 2.45) is 53.4 Å². The van der Waals surface area contributed by atoms with Gasteiger partial charge in [-0.1, -0.05) is 77.7 Å². The second-order valence-electron chi connectivity index (χ2n) is 27.0. The second kappa shape index (κ2) is 28.3. The number of unbranched alkanes of at least 4 members (excludes halogenated alkanes) is 1. The first-order valence-electron chi connectivity index (χ1n) is 31.0. The number of likely N-dealkylation sites (tertiary alicyclic amines) is 2. The molecule has 3 heterocycles. The molecular formula is C64H96N6O13S. The van der Waals surface area contributed by atoms with Crippen molar-refractivity contribution in [3.05, 3.63) is 71.6 Å². The highest BCUT2D eigenvalue weighted by Crippen LogP contribution is 2.67. The van der Waals surface area contributed by atoms with Gasteiger partial charge in [0, 0.05) is 38.5 Å². The molecule has 2 saturated heterocycles. The molecule has 8 rings (SSSR count). The summed E-state index contributed by atoms with van der Waals surface area (Å²) in [7, 11) is -3.08. The van der Waals surface area contributed by atoms with Gasteiger partial charge in [-0.25, -0.2) is 22.6 Å². The first kappa shape index (κ1) is 65.9. The molecule has 2 aliphatic heterocycles. The topological polar surface area (TPSA) is 265 Å². The van der Waals surface area contributed by atoms with Crippen LogP contribution in [0.25, 0.3) is 0 Å². The molecule has 5 N–H and O–H groups in total. The van der Waals surface area contributed by atoms with Crippen LogP contribution in [0, 0.1) is 46.3 Å². The summed E-state index contributed by atoms with van der Waals surface area (Å²) in [5.41, 5.74) is 2.33. The number of aromatic hydroxyl groups is 1. The van der Waals surface area contributed by atoms with Crippen LogP contribution in [0.1, 0.15) is 187 Å². The Bertz CT molecular complexity index is 2780. The number of benzene rings is 1. The molecule has 5 amide bonds. The number of amides is 5. The number of ether oxygens (including phenoxy) is 2. The van der Waals surface area contributed by atoms with E-state index in [0.717, 1.165) is 42.9 Å². The van der Waals surface area contributed by atoms with Crippen LogP contribution in [0.4, 0.5) is 4.79 Å². The number of allylic oxidation sites excluding steroid dienone is 1. The van der Waals surface area contributed by atoms with Crippen LogP contribution in [0.5, 0.6) is 5.75 Å². The van der Waals surface area contributed by atoms with Gasteiger partial charge in [0.05, 0.1) is 0 Å². The molecule has 466 valence electrons. The molecule has 20 heteroatoms. The predicted octanol–water partition coefficient (Wildman–Crippen LogP) is 8.68. The number of phenolic OH excluding ortho intramolecular Hbond substituents is 1. The zero-order chi connectivity index (χ0) is 61.3. The monoisotopic (exact) mass is 1190 g/mol. The quantitative estimate of drug-likeness (QED) is 0.0208. The van der Waals surface area contributed by atoms with Gasteiger partial charge in [0.15, 0.2) is 12.4 Å². The summed E-state index contributed by atoms with van der Waals surface area (Å²) < 4.78 is 46.5. The van der Waals surface area contributed by atoms with Gasteiger partial charge in [0.25, 0.3) is 5.91 Å². The number of carbonyl (C=O) groups is 6. The average Bonchev–Trinajstić information content (AvgIpc) is 1.46. The fourth-order valence-corrected chi connectivity index (χ4v) is 15.5. The number of pyridine rings is 1. The number of hydrogen-bond donors (Lipinski definition) is 5. The number of alkyl carbamates (subject to hydrolysis) is 1. The minimum atomic E-state index is -4.92. The highest BCUT2D eigenvalue weighted by atomic mass is 32.3. The number of rotatable bonds is 20. The van der Waals surface area contributed by atoms with Crippen molar-refractivity contribution in [3.63, 3.8) is 0 Å². The molecular weight excluding hydrogens is 1090 g/mol. The minimum absolute atomic E-state index is 0.0367. The molecule has 84 heavy (non-hydrogen) atoms. The number of esters is 1. The van der Waals surface area contributed by atoms with E-state index in [2.05, 4.69) is 56.6 Å². The Morgan fingerprint density at radius 1 is 0.833 bits per heavy atom. The van der Waals surface area contributed by atoms with Crippen LogP contribution in [-0.2, 0) is 52.5 Å². The summed E-state index contributed by atoms with van der Waals surface area (Å²) >= 11 is 0. The summed E-state index contributed by atoms with van der Waals surface area (Å²) in [6.07, 6.45) is 21.1. The van der Waals surface area contributed by atoms with E-state index in [9.17, 15) is 33.9 Å². The molecule has 3 saturated carbocycles. The lowest BCUT2D eigenvalue weighted by atomic mass is 9.47. The smallest absolute Gasteiger partial charge is 0.407 e. The standard InChI is InChI=1S/C64H94N6O9.H2O4S/c1-41(2)16-12-17-42(3)49-28-29-50-48-27-24-45-39-47(30-32-63(45,7)51(48)31-33-64(49,50)8)78-60(76)52(19-10-11-34-65-61(77)79-62(4,5)6)66-56(72)53(38-43-22-25-46(71)26-23-43)67-57(73)54-20-14-36-69(54)59(75)55-21-15-37-70(55)58(74)44-18-13-35-68(9)40-44;1-5(2,3)4/h13,18,22-26,35,40-42,47-55H,10-12,14-17,19-21,27-34,36-39H2,1-9H3,(H3-,65,66,67,71,72,73,77);(H2,1,2,3,4)/t42-,47+,48+,49-,50+,51+,52+,53+,54+,55+,63+,64-;/m1./s1. The van der Waals surface area contributed by atoms with Crippen molar-refractivity contribution >= 4 is 46.1 Å². The van der Waals surface area contributed by atoms with Crippen LogP contribution in [0.15, 0.2) is 60.4 Å². The Morgan fingerprint density at radius 2 is 1.52 bits per heavy atom. The maximum Gasteiger partial charge on any atom is 0.407 e. The van der Waals surface area contributed by atoms with Crippen molar-refractivity contribution in [3.8, 4) is 5.75 Å². The van der Waals surface area contributed by atoms with E-state index in [-0.39, 0.29) is 41.9 Å². The Hall–Kier alpha value is -5.60. The number of aromatic nitrogens is 1. The van der Waals surface area contributed by atoms with Crippen LogP contribution < -0.4 is 20.5 Å². The highest BCUT2D eigenvalue weighted by Gasteiger charge is 2.59. The molecule has 6 aliphatic rings. The van der Waals surface area contributed by atoms with E-state index in [1.54, 1.807) is 65.6 Å². The van der Waals surface area contributed by atoms with Gasteiger partial charge >= 0.3 is 12.1 Å². The summed E-state index contributed by atoms with van der Waals surface area (Å²) in [6.45, 7) is 18.8. The molecule has 12 atom stereocenters. The fraction of sp³-hybridized carbons (Fsp3) is 0.703. The molecule has 0 unspecified atom stereocenters. The predicted molar refractivity (Wildman–Crippen MR) is 315 cm³/mol. The Labute approximate surface area is 498 Å². The van der Waals surface area contributed by atoms with Crippen molar-refractivity contribution in [1.29, 1.82) is 0 Å². The first-order chi connectivity index (χ1) is 39.5. The lowest BCUT2D eigenvalue weighted by Crippen LogP contribution is -2.57. The minimum Gasteiger partial charge on any atom is -0.726 e. The third-order valence-corrected chi connectivity index (χ3v) is 19.6. The number of aryl methyl sites for hydroxylation is 1. The van der Waals surface area contributed by atoms with E-state index in [0.29, 0.717) is 93.0 Å². The number of fused-ring (bicyclic) bond motifs is 5. The number of hydrogen-bond acceptors (Lipinski definition) is 12. The number of carbonyl (C=O) groups excluding carboxylic acids is 6. The van der Waals surface area contributed by atoms with Gasteiger partial charge in [-0.15, -0.1) is 0 Å². The normalized spacial score (nSPS) is 27.6. The molecule has 1 aromatic carbocycles. The average molecular weight is 1190 g/mol. The van der Waals surface area contributed by atoms with Gasteiger partial charge in [0.2, 0.25) is 28.1 Å². The van der Waals surface area contributed by atoms with Crippen LogP contribution in [-0.4, -0.2) is 124 Å². The molecule has 5 fully saturated rings. The molecule has 0 bridgehead atoms. The number of phenols is 1. The summed E-state index contributed by atoms with van der Waals surface area (Å²) in [5, 5.41) is 18.9. The molecule has 1 aromatic heterocycles. The van der Waals surface area contributed by atoms with Crippen molar-refractivity contribution < 1.29 is 65.4 Å². The lowest BCUT2D eigenvalue weighted by molar-refractivity contribution is -0.671. The molecule has 19 nitrogen and oxygen atoms in total. The van der Waals surface area contributed by atoms with Crippen LogP contribution in [0.3, 0.4) is 0 Å². The van der Waals surface area contributed by atoms with Gasteiger partial charge in [0.1, 0.15) is 54.2 Å².